The highest BCUT2D eigenvalue weighted by molar-refractivity contribution is 8.01. The maximum Gasteiger partial charge on any atom is 0.332 e. The van der Waals surface area contributed by atoms with E-state index in [9.17, 15) is 27.9 Å². The Balaban J connectivity index is 1.34. The van der Waals surface area contributed by atoms with Crippen LogP contribution in [0.15, 0.2) is 76.8 Å². The molecule has 14 heteroatoms. The van der Waals surface area contributed by atoms with E-state index in [1.165, 1.54) is 40.9 Å². The van der Waals surface area contributed by atoms with Gasteiger partial charge in [-0.05, 0) is 42.0 Å². The number of imidazole rings is 1. The number of carbonyl (C=O) groups is 2. The van der Waals surface area contributed by atoms with Crippen molar-refractivity contribution in [3.8, 4) is 5.69 Å². The lowest BCUT2D eigenvalue weighted by atomic mass is 10.0. The monoisotopic (exact) mass is 568 g/mol. The van der Waals surface area contributed by atoms with Gasteiger partial charge in [0, 0.05) is 30.3 Å². The summed E-state index contributed by atoms with van der Waals surface area (Å²) in [5, 5.41) is 12.0. The lowest BCUT2D eigenvalue weighted by Gasteiger charge is -2.26. The third-order valence-electron chi connectivity index (χ3n) is 6.42. The standard InChI is InChI=1S/C25H24N6O6S2/c1-15-21(30(14-38-15)39(36,37)18-4-2-10-26-13-18)23(32)28-20(24(33)34)12-16-6-8-17(9-7-16)31-22-19(29-25(31)35)5-3-11-27-22/h2-11,13,15,20-21H,12,14H2,1H3,(H,28,32)(H,29,35)(H,33,34)/t15?,20-,21-/m0/s1. The molecule has 1 aromatic carbocycles. The fourth-order valence-corrected chi connectivity index (χ4v) is 7.55. The number of carboxylic acids is 1. The van der Waals surface area contributed by atoms with Crippen molar-refractivity contribution in [1.82, 2.24) is 29.1 Å². The molecule has 12 nitrogen and oxygen atoms in total. The van der Waals surface area contributed by atoms with Crippen molar-refractivity contribution in [2.45, 2.75) is 35.6 Å². The molecular formula is C25H24N6O6S2. The molecule has 0 aliphatic carbocycles. The van der Waals surface area contributed by atoms with Crippen molar-refractivity contribution in [2.75, 3.05) is 5.88 Å². The number of aliphatic carboxylic acids is 1. The Morgan fingerprint density at radius 3 is 2.62 bits per heavy atom. The van der Waals surface area contributed by atoms with E-state index in [1.807, 2.05) is 0 Å². The van der Waals surface area contributed by atoms with Crippen molar-refractivity contribution < 1.29 is 23.1 Å². The number of sulfonamides is 1. The first-order chi connectivity index (χ1) is 18.7. The van der Waals surface area contributed by atoms with Gasteiger partial charge in [-0.2, -0.15) is 4.31 Å². The molecule has 202 valence electrons. The van der Waals surface area contributed by atoms with E-state index in [0.717, 1.165) is 4.31 Å². The van der Waals surface area contributed by atoms with Gasteiger partial charge in [-0.25, -0.2) is 27.6 Å². The summed E-state index contributed by atoms with van der Waals surface area (Å²) in [6, 6.07) is 10.6. The van der Waals surface area contributed by atoms with Gasteiger partial charge in [0.05, 0.1) is 17.1 Å². The Hall–Kier alpha value is -4.01. The number of nitrogens with one attached hydrogen (secondary N) is 2. The Labute approximate surface area is 227 Å². The molecule has 1 amide bonds. The van der Waals surface area contributed by atoms with Crippen molar-refractivity contribution >= 4 is 44.8 Å². The molecule has 39 heavy (non-hydrogen) atoms. The summed E-state index contributed by atoms with van der Waals surface area (Å²) in [7, 11) is -4.02. The quantitative estimate of drug-likeness (QED) is 0.284. The van der Waals surface area contributed by atoms with Crippen LogP contribution >= 0.6 is 11.8 Å². The summed E-state index contributed by atoms with van der Waals surface area (Å²) in [6.45, 7) is 1.73. The van der Waals surface area contributed by atoms with Gasteiger partial charge >= 0.3 is 11.7 Å². The molecular weight excluding hydrogens is 544 g/mol. The number of aromatic amines is 1. The van der Waals surface area contributed by atoms with Crippen LogP contribution in [-0.4, -0.2) is 72.4 Å². The first-order valence-corrected chi connectivity index (χ1v) is 14.4. The normalized spacial score (nSPS) is 18.7. The molecule has 4 aromatic rings. The number of hydrogen-bond acceptors (Lipinski definition) is 8. The molecule has 4 heterocycles. The van der Waals surface area contributed by atoms with E-state index in [0.29, 0.717) is 22.4 Å². The molecule has 5 rings (SSSR count). The van der Waals surface area contributed by atoms with Crippen molar-refractivity contribution in [2.24, 2.45) is 0 Å². The largest absolute Gasteiger partial charge is 0.480 e. The van der Waals surface area contributed by atoms with Gasteiger partial charge in [-0.15, -0.1) is 11.8 Å². The highest BCUT2D eigenvalue weighted by Gasteiger charge is 2.45. The molecule has 3 atom stereocenters. The number of fused-ring (bicyclic) bond motifs is 1. The molecule has 3 aromatic heterocycles. The molecule has 0 bridgehead atoms. The summed E-state index contributed by atoms with van der Waals surface area (Å²) in [5.74, 6) is -1.90. The number of thioether (sulfide) groups is 1. The second-order valence-corrected chi connectivity index (χ2v) is 12.2. The zero-order valence-electron chi connectivity index (χ0n) is 20.6. The fraction of sp³-hybridized carbons (Fsp3) is 0.240. The van der Waals surface area contributed by atoms with Gasteiger partial charge in [0.15, 0.2) is 5.65 Å². The fourth-order valence-electron chi connectivity index (χ4n) is 4.45. The Kier molecular flexibility index (Phi) is 7.25. The van der Waals surface area contributed by atoms with E-state index in [2.05, 4.69) is 20.3 Å². The molecule has 3 N–H and O–H groups in total. The van der Waals surface area contributed by atoms with Crippen molar-refractivity contribution in [3.05, 3.63) is 83.2 Å². The van der Waals surface area contributed by atoms with Crippen LogP contribution in [0, 0.1) is 0 Å². The van der Waals surface area contributed by atoms with Gasteiger partial charge in [0.2, 0.25) is 15.9 Å². The van der Waals surface area contributed by atoms with Crippen LogP contribution in [0.4, 0.5) is 0 Å². The van der Waals surface area contributed by atoms with E-state index in [4.69, 9.17) is 0 Å². The minimum absolute atomic E-state index is 0.0446. The Bertz CT molecular complexity index is 1690. The first-order valence-electron chi connectivity index (χ1n) is 11.9. The summed E-state index contributed by atoms with van der Waals surface area (Å²) < 4.78 is 28.9. The molecule has 1 aliphatic rings. The number of rotatable bonds is 8. The topological polar surface area (TPSA) is 167 Å². The highest BCUT2D eigenvalue weighted by Crippen LogP contribution is 2.33. The van der Waals surface area contributed by atoms with E-state index in [1.54, 1.807) is 49.5 Å². The van der Waals surface area contributed by atoms with Crippen LogP contribution in [0.5, 0.6) is 0 Å². The maximum absolute atomic E-state index is 13.3. The zero-order valence-corrected chi connectivity index (χ0v) is 22.2. The van der Waals surface area contributed by atoms with Crippen LogP contribution in [-0.2, 0) is 26.0 Å². The van der Waals surface area contributed by atoms with Gasteiger partial charge in [0.1, 0.15) is 17.0 Å². The lowest BCUT2D eigenvalue weighted by molar-refractivity contribution is -0.142. The molecule has 0 saturated carbocycles. The van der Waals surface area contributed by atoms with Crippen molar-refractivity contribution in [3.63, 3.8) is 0 Å². The van der Waals surface area contributed by atoms with Gasteiger partial charge in [-0.1, -0.05) is 19.1 Å². The number of nitrogens with zero attached hydrogens (tertiary/aromatic N) is 4. The summed E-state index contributed by atoms with van der Waals surface area (Å²) in [4.78, 5) is 48.6. The molecule has 0 radical (unpaired) electrons. The van der Waals surface area contributed by atoms with Crippen LogP contribution in [0.25, 0.3) is 16.9 Å². The van der Waals surface area contributed by atoms with Gasteiger partial charge in [-0.3, -0.25) is 9.78 Å². The highest BCUT2D eigenvalue weighted by atomic mass is 32.2. The SMILES string of the molecule is CC1SCN(S(=O)(=O)c2cccnc2)[C@@H]1C(=O)N[C@@H](Cc1ccc(-n2c(=O)[nH]c3cccnc32)cc1)C(=O)O. The van der Waals surface area contributed by atoms with Gasteiger partial charge < -0.3 is 15.4 Å². The number of aromatic nitrogens is 4. The second kappa shape index (κ2) is 10.6. The number of hydrogen-bond donors (Lipinski definition) is 3. The molecule has 1 aliphatic heterocycles. The third-order valence-corrected chi connectivity index (χ3v) is 9.61. The Morgan fingerprint density at radius 1 is 1.18 bits per heavy atom. The number of carboxylic acid groups (broad SMARTS) is 1. The van der Waals surface area contributed by atoms with Crippen LogP contribution in [0.2, 0.25) is 0 Å². The van der Waals surface area contributed by atoms with Gasteiger partial charge in [0.25, 0.3) is 0 Å². The molecule has 0 spiro atoms. The zero-order chi connectivity index (χ0) is 27.7. The number of benzene rings is 1. The lowest BCUT2D eigenvalue weighted by Crippen LogP contribution is -2.53. The predicted molar refractivity (Wildman–Crippen MR) is 144 cm³/mol. The maximum atomic E-state index is 13.3. The van der Waals surface area contributed by atoms with Crippen LogP contribution in [0.3, 0.4) is 0 Å². The molecule has 1 fully saturated rings. The second-order valence-electron chi connectivity index (χ2n) is 8.94. The summed E-state index contributed by atoms with van der Waals surface area (Å²) >= 11 is 1.29. The van der Waals surface area contributed by atoms with Crippen LogP contribution < -0.4 is 11.0 Å². The average Bonchev–Trinajstić information content (AvgIpc) is 3.48. The molecule has 1 unspecified atom stereocenters. The van der Waals surface area contributed by atoms with E-state index in [-0.39, 0.29) is 22.9 Å². The number of pyridine rings is 2. The minimum Gasteiger partial charge on any atom is -0.480 e. The van der Waals surface area contributed by atoms with Crippen molar-refractivity contribution in [1.29, 1.82) is 0 Å². The average molecular weight is 569 g/mol. The Morgan fingerprint density at radius 2 is 1.92 bits per heavy atom. The number of carbonyl (C=O) groups excluding carboxylic acids is 1. The third kappa shape index (κ3) is 5.17. The minimum atomic E-state index is -4.02. The summed E-state index contributed by atoms with van der Waals surface area (Å²) in [5.41, 5.74) is 1.82. The van der Waals surface area contributed by atoms with E-state index < -0.39 is 39.2 Å². The number of amides is 1. The van der Waals surface area contributed by atoms with E-state index >= 15 is 0 Å². The summed E-state index contributed by atoms with van der Waals surface area (Å²) in [6.07, 6.45) is 4.19. The number of H-pyrrole nitrogens is 1. The smallest absolute Gasteiger partial charge is 0.332 e. The predicted octanol–water partition coefficient (Wildman–Crippen LogP) is 1.37. The van der Waals surface area contributed by atoms with Crippen LogP contribution in [0.1, 0.15) is 12.5 Å². The first kappa shape index (κ1) is 26.6. The molecule has 1 saturated heterocycles.